The molecule has 2 nitrogen and oxygen atoms in total. The van der Waals surface area contributed by atoms with Crippen molar-refractivity contribution in [1.29, 1.82) is 0 Å². The standard InChI is InChI=1S/C7H15N2/c1-9(2)7-5-3-4-6-8-7/h3,7-8H,4-6H2,1-2H3. The lowest BCUT2D eigenvalue weighted by molar-refractivity contribution is 0.227. The summed E-state index contributed by atoms with van der Waals surface area (Å²) in [6, 6.07) is 0. The van der Waals surface area contributed by atoms with Gasteiger partial charge in [0.2, 0.25) is 0 Å². The van der Waals surface area contributed by atoms with Crippen LogP contribution >= 0.6 is 0 Å². The normalized spacial score (nSPS) is 29.0. The lowest BCUT2D eigenvalue weighted by Crippen LogP contribution is -2.44. The van der Waals surface area contributed by atoms with Gasteiger partial charge < -0.3 is 5.32 Å². The van der Waals surface area contributed by atoms with Gasteiger partial charge in [-0.1, -0.05) is 0 Å². The van der Waals surface area contributed by atoms with Gasteiger partial charge in [0.05, 0.1) is 6.17 Å². The maximum absolute atomic E-state index is 3.41. The molecule has 1 N–H and O–H groups in total. The fraction of sp³-hybridized carbons (Fsp3) is 0.857. The first kappa shape index (κ1) is 7.03. The third kappa shape index (κ3) is 1.95. The molecule has 0 aromatic carbocycles. The molecule has 1 atom stereocenters. The number of hydrogen-bond donors (Lipinski definition) is 1. The second-order valence-electron chi connectivity index (χ2n) is 2.75. The van der Waals surface area contributed by atoms with Crippen molar-refractivity contribution in [3.05, 3.63) is 6.42 Å². The van der Waals surface area contributed by atoms with Crippen LogP contribution in [0, 0.1) is 6.42 Å². The molecule has 2 heteroatoms. The van der Waals surface area contributed by atoms with Crippen LogP contribution in [0.15, 0.2) is 0 Å². The molecule has 1 aliphatic heterocycles. The summed E-state index contributed by atoms with van der Waals surface area (Å²) in [6.07, 6.45) is 5.34. The molecule has 1 aliphatic rings. The van der Waals surface area contributed by atoms with Crippen LogP contribution in [0.25, 0.3) is 0 Å². The average molecular weight is 127 g/mol. The molecule has 0 aromatic rings. The van der Waals surface area contributed by atoms with E-state index in [0.717, 1.165) is 6.54 Å². The van der Waals surface area contributed by atoms with E-state index in [0.29, 0.717) is 6.17 Å². The van der Waals surface area contributed by atoms with Crippen LogP contribution in [-0.4, -0.2) is 31.7 Å². The van der Waals surface area contributed by atoms with Gasteiger partial charge in [-0.2, -0.15) is 0 Å². The molecule has 53 valence electrons. The number of rotatable bonds is 1. The second-order valence-corrected chi connectivity index (χ2v) is 2.75. The lowest BCUT2D eigenvalue weighted by atomic mass is 10.1. The fourth-order valence-corrected chi connectivity index (χ4v) is 1.10. The van der Waals surface area contributed by atoms with E-state index in [9.17, 15) is 0 Å². The van der Waals surface area contributed by atoms with Gasteiger partial charge in [0.25, 0.3) is 0 Å². The van der Waals surface area contributed by atoms with Crippen LogP contribution in [-0.2, 0) is 0 Å². The van der Waals surface area contributed by atoms with Crippen LogP contribution in [0.1, 0.15) is 12.8 Å². The quantitative estimate of drug-likeness (QED) is 0.550. The second kappa shape index (κ2) is 3.18. The predicted octanol–water partition coefficient (Wildman–Crippen LogP) is 0.462. The van der Waals surface area contributed by atoms with Crippen molar-refractivity contribution in [2.24, 2.45) is 0 Å². The third-order valence-corrected chi connectivity index (χ3v) is 1.74. The van der Waals surface area contributed by atoms with E-state index in [2.05, 4.69) is 30.7 Å². The molecular formula is C7H15N2. The maximum atomic E-state index is 3.41. The zero-order valence-electron chi connectivity index (χ0n) is 6.22. The van der Waals surface area contributed by atoms with Crippen molar-refractivity contribution in [2.75, 3.05) is 20.6 Å². The topological polar surface area (TPSA) is 15.3 Å². The van der Waals surface area contributed by atoms with Gasteiger partial charge in [0.15, 0.2) is 0 Å². The number of nitrogens with one attached hydrogen (secondary N) is 1. The molecule has 1 heterocycles. The Morgan fingerprint density at radius 3 is 2.67 bits per heavy atom. The van der Waals surface area contributed by atoms with Crippen LogP contribution < -0.4 is 5.32 Å². The van der Waals surface area contributed by atoms with E-state index >= 15 is 0 Å². The molecule has 0 amide bonds. The van der Waals surface area contributed by atoms with Gasteiger partial charge in [-0.15, -0.1) is 0 Å². The van der Waals surface area contributed by atoms with Crippen LogP contribution in [0.5, 0.6) is 0 Å². The predicted molar refractivity (Wildman–Crippen MR) is 39.0 cm³/mol. The first-order valence-corrected chi connectivity index (χ1v) is 3.52. The Bertz CT molecular complexity index is 75.0. The molecule has 1 rings (SSSR count). The molecule has 1 radical (unpaired) electrons. The van der Waals surface area contributed by atoms with E-state index in [1.54, 1.807) is 0 Å². The zero-order chi connectivity index (χ0) is 6.69. The molecule has 9 heavy (non-hydrogen) atoms. The highest BCUT2D eigenvalue weighted by Gasteiger charge is 2.12. The largest absolute Gasteiger partial charge is 0.302 e. The average Bonchev–Trinajstić information content (AvgIpc) is 1.90. The number of nitrogens with zero attached hydrogens (tertiary/aromatic N) is 1. The van der Waals surface area contributed by atoms with E-state index in [1.165, 1.54) is 12.8 Å². The summed E-state index contributed by atoms with van der Waals surface area (Å²) in [5, 5.41) is 3.41. The van der Waals surface area contributed by atoms with Crippen molar-refractivity contribution >= 4 is 0 Å². The summed E-state index contributed by atoms with van der Waals surface area (Å²) in [7, 11) is 4.22. The zero-order valence-corrected chi connectivity index (χ0v) is 6.22. The number of hydrogen-bond acceptors (Lipinski definition) is 2. The summed E-state index contributed by atoms with van der Waals surface area (Å²) in [5.74, 6) is 0. The smallest absolute Gasteiger partial charge is 0.0594 e. The summed E-state index contributed by atoms with van der Waals surface area (Å²) in [4.78, 5) is 2.22. The van der Waals surface area contributed by atoms with Gasteiger partial charge in [-0.25, -0.2) is 0 Å². The highest BCUT2D eigenvalue weighted by molar-refractivity contribution is 4.80. The van der Waals surface area contributed by atoms with E-state index in [-0.39, 0.29) is 0 Å². The minimum atomic E-state index is 0.582. The molecule has 1 unspecified atom stereocenters. The highest BCUT2D eigenvalue weighted by Crippen LogP contribution is 2.06. The van der Waals surface area contributed by atoms with Crippen molar-refractivity contribution in [3.63, 3.8) is 0 Å². The first-order chi connectivity index (χ1) is 4.30. The monoisotopic (exact) mass is 127 g/mol. The molecule has 0 saturated carbocycles. The minimum Gasteiger partial charge on any atom is -0.302 e. The highest BCUT2D eigenvalue weighted by atomic mass is 15.2. The van der Waals surface area contributed by atoms with Gasteiger partial charge in [-0.3, -0.25) is 4.90 Å². The molecule has 0 aromatic heterocycles. The van der Waals surface area contributed by atoms with E-state index in [1.807, 2.05) is 0 Å². The van der Waals surface area contributed by atoms with Crippen molar-refractivity contribution in [3.8, 4) is 0 Å². The van der Waals surface area contributed by atoms with E-state index < -0.39 is 0 Å². The Labute approximate surface area is 57.2 Å². The van der Waals surface area contributed by atoms with Crippen LogP contribution in [0.4, 0.5) is 0 Å². The first-order valence-electron chi connectivity index (χ1n) is 3.52. The molecule has 0 aliphatic carbocycles. The SMILES string of the molecule is CN(C)C1C[CH]CCN1. The molecular weight excluding hydrogens is 112 g/mol. The van der Waals surface area contributed by atoms with Gasteiger partial charge in [0, 0.05) is 0 Å². The van der Waals surface area contributed by atoms with Gasteiger partial charge >= 0.3 is 0 Å². The fourth-order valence-electron chi connectivity index (χ4n) is 1.10. The van der Waals surface area contributed by atoms with Gasteiger partial charge in [0.1, 0.15) is 0 Å². The Morgan fingerprint density at radius 1 is 1.56 bits per heavy atom. The number of piperidine rings is 1. The Kier molecular flexibility index (Phi) is 2.49. The van der Waals surface area contributed by atoms with Crippen molar-refractivity contribution in [2.45, 2.75) is 19.0 Å². The molecule has 1 fully saturated rings. The van der Waals surface area contributed by atoms with Crippen LogP contribution in [0.3, 0.4) is 0 Å². The summed E-state index contributed by atoms with van der Waals surface area (Å²) in [6.45, 7) is 1.14. The van der Waals surface area contributed by atoms with Crippen molar-refractivity contribution in [1.82, 2.24) is 10.2 Å². The third-order valence-electron chi connectivity index (χ3n) is 1.74. The Hall–Kier alpha value is -0.0800. The molecule has 0 spiro atoms. The van der Waals surface area contributed by atoms with Crippen LogP contribution in [0.2, 0.25) is 0 Å². The minimum absolute atomic E-state index is 0.582. The van der Waals surface area contributed by atoms with Gasteiger partial charge in [-0.05, 0) is 39.9 Å². The molecule has 1 saturated heterocycles. The maximum Gasteiger partial charge on any atom is 0.0594 e. The molecule has 0 bridgehead atoms. The summed E-state index contributed by atoms with van der Waals surface area (Å²) < 4.78 is 0. The van der Waals surface area contributed by atoms with Crippen molar-refractivity contribution < 1.29 is 0 Å². The summed E-state index contributed by atoms with van der Waals surface area (Å²) in [5.41, 5.74) is 0. The Morgan fingerprint density at radius 2 is 2.33 bits per heavy atom. The summed E-state index contributed by atoms with van der Waals surface area (Å²) >= 11 is 0. The Balaban J connectivity index is 2.23. The lowest BCUT2D eigenvalue weighted by Gasteiger charge is -2.28. The van der Waals surface area contributed by atoms with E-state index in [4.69, 9.17) is 0 Å².